The minimum atomic E-state index is -0.583. The van der Waals surface area contributed by atoms with Crippen LogP contribution in [0.1, 0.15) is 15.5 Å². The van der Waals surface area contributed by atoms with E-state index in [1.165, 1.54) is 36.8 Å². The zero-order valence-corrected chi connectivity index (χ0v) is 10.0. The third-order valence-corrected chi connectivity index (χ3v) is 2.90. The number of hydrogen-bond donors (Lipinski definition) is 0. The van der Waals surface area contributed by atoms with E-state index in [9.17, 15) is 9.59 Å². The Morgan fingerprint density at radius 2 is 2.24 bits per heavy atom. The van der Waals surface area contributed by atoms with E-state index in [-0.39, 0.29) is 11.3 Å². The molecule has 0 amide bonds. The molecule has 2 heterocycles. The normalized spacial score (nSPS) is 10.2. The second-order valence-corrected chi connectivity index (χ2v) is 4.39. The molecule has 0 aliphatic heterocycles. The Labute approximate surface area is 100 Å². The van der Waals surface area contributed by atoms with Crippen LogP contribution in [0.2, 0.25) is 0 Å². The van der Waals surface area contributed by atoms with Crippen LogP contribution in [0.25, 0.3) is 5.00 Å². The van der Waals surface area contributed by atoms with Crippen LogP contribution in [0.5, 0.6) is 0 Å². The molecule has 0 radical (unpaired) electrons. The van der Waals surface area contributed by atoms with Crippen LogP contribution >= 0.6 is 11.3 Å². The minimum Gasteiger partial charge on any atom is -0.464 e. The minimum absolute atomic E-state index is 0.0816. The highest BCUT2D eigenvalue weighted by atomic mass is 32.1. The van der Waals surface area contributed by atoms with Crippen molar-refractivity contribution in [3.8, 4) is 5.00 Å². The third kappa shape index (κ3) is 2.23. The lowest BCUT2D eigenvalue weighted by Gasteiger charge is -2.02. The molecule has 2 rings (SSSR count). The van der Waals surface area contributed by atoms with Gasteiger partial charge in [-0.2, -0.15) is 9.78 Å². The van der Waals surface area contributed by atoms with Crippen LogP contribution in [0.15, 0.2) is 23.1 Å². The van der Waals surface area contributed by atoms with Crippen molar-refractivity contribution in [3.05, 3.63) is 39.4 Å². The van der Waals surface area contributed by atoms with E-state index in [0.717, 1.165) is 9.69 Å². The van der Waals surface area contributed by atoms with E-state index < -0.39 is 5.97 Å². The largest absolute Gasteiger partial charge is 0.464 e. The number of hydrogen-bond acceptors (Lipinski definition) is 6. The van der Waals surface area contributed by atoms with Crippen LogP contribution in [0.4, 0.5) is 0 Å². The molecule has 0 aliphatic rings. The fourth-order valence-electron chi connectivity index (χ4n) is 1.23. The van der Waals surface area contributed by atoms with E-state index in [2.05, 4.69) is 14.8 Å². The molecule has 0 spiro atoms. The molecule has 17 heavy (non-hydrogen) atoms. The maximum atomic E-state index is 11.6. The van der Waals surface area contributed by atoms with Crippen molar-refractivity contribution in [2.45, 2.75) is 6.92 Å². The van der Waals surface area contributed by atoms with Gasteiger partial charge in [0.15, 0.2) is 5.69 Å². The molecule has 6 nitrogen and oxygen atoms in total. The maximum absolute atomic E-state index is 11.6. The first kappa shape index (κ1) is 11.5. The van der Waals surface area contributed by atoms with Crippen molar-refractivity contribution < 1.29 is 9.53 Å². The van der Waals surface area contributed by atoms with Gasteiger partial charge in [0.25, 0.3) is 5.56 Å². The monoisotopic (exact) mass is 251 g/mol. The molecular formula is C10H9N3O3S. The molecule has 0 aliphatic carbocycles. The summed E-state index contributed by atoms with van der Waals surface area (Å²) in [6.07, 6.45) is 1.54. The summed E-state index contributed by atoms with van der Waals surface area (Å²) in [5.41, 5.74) is -0.237. The lowest BCUT2D eigenvalue weighted by atomic mass is 10.4. The van der Waals surface area contributed by atoms with Crippen molar-refractivity contribution in [2.75, 3.05) is 7.11 Å². The summed E-state index contributed by atoms with van der Waals surface area (Å²) in [6, 6.07) is 2.60. The average Bonchev–Trinajstić information content (AvgIpc) is 2.75. The highest BCUT2D eigenvalue weighted by Crippen LogP contribution is 2.14. The molecule has 0 saturated carbocycles. The average molecular weight is 251 g/mol. The van der Waals surface area contributed by atoms with E-state index in [1.54, 1.807) is 0 Å². The fourth-order valence-corrected chi connectivity index (χ4v) is 1.96. The second-order valence-electron chi connectivity index (χ2n) is 3.18. The highest BCUT2D eigenvalue weighted by Gasteiger charge is 2.11. The first-order valence-electron chi connectivity index (χ1n) is 4.73. The number of thiazole rings is 1. The summed E-state index contributed by atoms with van der Waals surface area (Å²) < 4.78 is 5.68. The van der Waals surface area contributed by atoms with Crippen LogP contribution < -0.4 is 5.56 Å². The number of ether oxygens (including phenoxy) is 1. The fraction of sp³-hybridized carbons (Fsp3) is 0.200. The number of aromatic nitrogens is 3. The van der Waals surface area contributed by atoms with Gasteiger partial charge in [-0.15, -0.1) is 0 Å². The Morgan fingerprint density at radius 3 is 2.82 bits per heavy atom. The number of nitrogens with zero attached hydrogens (tertiary/aromatic N) is 3. The lowest BCUT2D eigenvalue weighted by molar-refractivity contribution is 0.0591. The molecular weight excluding hydrogens is 242 g/mol. The number of carbonyl (C=O) groups excluding carboxylic acids is 1. The number of esters is 1. The molecule has 0 atom stereocenters. The highest BCUT2D eigenvalue weighted by molar-refractivity contribution is 7.14. The van der Waals surface area contributed by atoms with Gasteiger partial charge in [-0.05, 0) is 13.0 Å². The Morgan fingerprint density at radius 1 is 1.47 bits per heavy atom. The molecule has 0 unspecified atom stereocenters. The van der Waals surface area contributed by atoms with Gasteiger partial charge in [0.2, 0.25) is 0 Å². The van der Waals surface area contributed by atoms with Gasteiger partial charge in [0.05, 0.1) is 18.3 Å². The van der Waals surface area contributed by atoms with Crippen LogP contribution in [-0.2, 0) is 4.74 Å². The number of carbonyl (C=O) groups is 1. The van der Waals surface area contributed by atoms with Crippen molar-refractivity contribution in [1.29, 1.82) is 0 Å². The zero-order chi connectivity index (χ0) is 12.4. The predicted octanol–water partition coefficient (Wildman–Crippen LogP) is 0.784. The van der Waals surface area contributed by atoms with Crippen molar-refractivity contribution in [3.63, 3.8) is 0 Å². The Hall–Kier alpha value is -2.02. The number of methoxy groups -OCH3 is 1. The molecule has 0 aromatic carbocycles. The molecule has 0 bridgehead atoms. The summed E-state index contributed by atoms with van der Waals surface area (Å²) in [4.78, 5) is 27.0. The second kappa shape index (κ2) is 4.46. The van der Waals surface area contributed by atoms with Crippen molar-refractivity contribution in [1.82, 2.24) is 14.8 Å². The van der Waals surface area contributed by atoms with Gasteiger partial charge in [-0.1, -0.05) is 11.3 Å². The Kier molecular flexibility index (Phi) is 3.01. The van der Waals surface area contributed by atoms with E-state index >= 15 is 0 Å². The summed E-state index contributed by atoms with van der Waals surface area (Å²) in [6.45, 7) is 1.82. The third-order valence-electron chi connectivity index (χ3n) is 2.01. The van der Waals surface area contributed by atoms with Gasteiger partial charge in [0, 0.05) is 6.07 Å². The molecule has 88 valence electrons. The summed E-state index contributed by atoms with van der Waals surface area (Å²) in [5, 5.41) is 5.31. The molecule has 2 aromatic rings. The molecule has 0 N–H and O–H groups in total. The predicted molar refractivity (Wildman–Crippen MR) is 61.6 cm³/mol. The van der Waals surface area contributed by atoms with Crippen LogP contribution in [-0.4, -0.2) is 27.8 Å². The summed E-state index contributed by atoms with van der Waals surface area (Å²) >= 11 is 1.32. The van der Waals surface area contributed by atoms with E-state index in [4.69, 9.17) is 0 Å². The topological polar surface area (TPSA) is 74.1 Å². The van der Waals surface area contributed by atoms with E-state index in [1.807, 2.05) is 6.92 Å². The standard InChI is InChI=1S/C10H9N3O3S/c1-6-11-5-9(17-6)13-8(14)4-3-7(12-13)10(15)16-2/h3-5H,1-2H3. The van der Waals surface area contributed by atoms with Gasteiger partial charge < -0.3 is 4.74 Å². The van der Waals surface area contributed by atoms with Crippen LogP contribution in [0, 0.1) is 6.92 Å². The van der Waals surface area contributed by atoms with Crippen molar-refractivity contribution in [2.24, 2.45) is 0 Å². The maximum Gasteiger partial charge on any atom is 0.358 e. The van der Waals surface area contributed by atoms with Gasteiger partial charge in [0.1, 0.15) is 5.00 Å². The molecule has 0 fully saturated rings. The zero-order valence-electron chi connectivity index (χ0n) is 9.21. The smallest absolute Gasteiger partial charge is 0.358 e. The Balaban J connectivity index is 2.53. The number of rotatable bonds is 2. The summed E-state index contributed by atoms with van der Waals surface area (Å²) in [5.74, 6) is -0.583. The van der Waals surface area contributed by atoms with Gasteiger partial charge >= 0.3 is 5.97 Å². The summed E-state index contributed by atoms with van der Waals surface area (Å²) in [7, 11) is 1.26. The quantitative estimate of drug-likeness (QED) is 0.737. The van der Waals surface area contributed by atoms with Gasteiger partial charge in [-0.3, -0.25) is 4.79 Å². The van der Waals surface area contributed by atoms with Gasteiger partial charge in [-0.25, -0.2) is 9.78 Å². The SMILES string of the molecule is COC(=O)c1ccc(=O)n(-c2cnc(C)s2)n1. The van der Waals surface area contributed by atoms with Crippen LogP contribution in [0.3, 0.4) is 0 Å². The first-order chi connectivity index (χ1) is 8.11. The molecule has 0 saturated heterocycles. The number of aryl methyl sites for hydroxylation is 1. The first-order valence-corrected chi connectivity index (χ1v) is 5.55. The lowest BCUT2D eigenvalue weighted by Crippen LogP contribution is -2.22. The molecule has 7 heteroatoms. The van der Waals surface area contributed by atoms with Crippen molar-refractivity contribution >= 4 is 17.3 Å². The van der Waals surface area contributed by atoms with E-state index in [0.29, 0.717) is 5.00 Å². The Bertz CT molecular complexity index is 617. The molecule has 2 aromatic heterocycles.